The van der Waals surface area contributed by atoms with Crippen LogP contribution in [0, 0.1) is 41.5 Å². The van der Waals surface area contributed by atoms with E-state index in [0.717, 1.165) is 123 Å². The average Bonchev–Trinajstić information content (AvgIpc) is 3.08. The topological polar surface area (TPSA) is 50.7 Å². The molecule has 282 valence electrons. The number of rotatable bonds is 17. The number of ether oxygens (including phenoxy) is 2. The van der Waals surface area contributed by atoms with Gasteiger partial charge >= 0.3 is 0 Å². The Kier molecular flexibility index (Phi) is 14.9. The fourth-order valence-corrected chi connectivity index (χ4v) is 8.43. The van der Waals surface area contributed by atoms with E-state index in [4.69, 9.17) is 31.0 Å². The van der Waals surface area contributed by atoms with Crippen molar-refractivity contribution in [1.82, 2.24) is 9.97 Å². The first-order valence-corrected chi connectivity index (χ1v) is 20.5. The first-order chi connectivity index (χ1) is 24.8. The summed E-state index contributed by atoms with van der Waals surface area (Å²) in [5.74, 6) is 3.02. The van der Waals surface area contributed by atoms with Gasteiger partial charge in [-0.2, -0.15) is 0 Å². The number of aromatic nitrogens is 2. The smallest absolute Gasteiger partial charge is 0.224 e. The van der Waals surface area contributed by atoms with Crippen molar-refractivity contribution in [1.29, 1.82) is 0 Å². The summed E-state index contributed by atoms with van der Waals surface area (Å²) in [5.41, 5.74) is 10.5. The minimum Gasteiger partial charge on any atom is -0.438 e. The predicted octanol–water partition coefficient (Wildman–Crippen LogP) is 13.8. The van der Waals surface area contributed by atoms with E-state index in [2.05, 4.69) is 119 Å². The molecule has 0 radical (unpaired) electrons. The van der Waals surface area contributed by atoms with Crippen LogP contribution in [0.2, 0.25) is 5.02 Å². The summed E-state index contributed by atoms with van der Waals surface area (Å²) in [6.45, 7) is 26.1. The van der Waals surface area contributed by atoms with Gasteiger partial charge in [0.2, 0.25) is 11.8 Å². The van der Waals surface area contributed by atoms with Crippen LogP contribution in [0.5, 0.6) is 23.3 Å². The van der Waals surface area contributed by atoms with Crippen molar-refractivity contribution in [3.8, 4) is 23.3 Å². The Balaban J connectivity index is 2.06. The quantitative estimate of drug-likeness (QED) is 0.0993. The van der Waals surface area contributed by atoms with Gasteiger partial charge in [0.25, 0.3) is 0 Å². The van der Waals surface area contributed by atoms with E-state index < -0.39 is 0 Å². The SMILES string of the molecule is CCCc1c(N(C(CC)CC)N(c2cc(C)nc(Oc3c(C)cc(Br)cc3C)c2CCC)C(CC)CC)cc(C)nc1Oc1c(C)cc(Cl)cc1C. The normalized spacial score (nSPS) is 11.5. The van der Waals surface area contributed by atoms with Gasteiger partial charge in [0.05, 0.1) is 23.5 Å². The average molecular weight is 792 g/mol. The molecule has 0 unspecified atom stereocenters. The molecule has 4 aromatic rings. The molecule has 0 aliphatic heterocycles. The minimum atomic E-state index is 0.216. The third kappa shape index (κ3) is 9.25. The van der Waals surface area contributed by atoms with E-state index >= 15 is 0 Å². The van der Waals surface area contributed by atoms with E-state index in [1.54, 1.807) is 0 Å². The van der Waals surface area contributed by atoms with Crippen molar-refractivity contribution in [3.63, 3.8) is 0 Å². The molecule has 0 N–H and O–H groups in total. The number of aryl methyl sites for hydroxylation is 6. The summed E-state index contributed by atoms with van der Waals surface area (Å²) >= 11 is 10.1. The zero-order valence-corrected chi connectivity index (χ0v) is 36.0. The lowest BCUT2D eigenvalue weighted by Crippen LogP contribution is -2.54. The van der Waals surface area contributed by atoms with Crippen molar-refractivity contribution in [3.05, 3.63) is 90.7 Å². The van der Waals surface area contributed by atoms with E-state index in [9.17, 15) is 0 Å². The number of halogens is 2. The second-order valence-corrected chi connectivity index (χ2v) is 15.6. The van der Waals surface area contributed by atoms with Crippen molar-refractivity contribution in [2.75, 3.05) is 10.0 Å². The van der Waals surface area contributed by atoms with Gasteiger partial charge in [-0.15, -0.1) is 0 Å². The molecule has 2 aromatic heterocycles. The fraction of sp³-hybridized carbons (Fsp3) is 0.500. The summed E-state index contributed by atoms with van der Waals surface area (Å²) in [4.78, 5) is 10.2. The highest BCUT2D eigenvalue weighted by molar-refractivity contribution is 9.10. The summed E-state index contributed by atoms with van der Waals surface area (Å²) in [5, 5.41) is 5.90. The molecule has 0 fully saturated rings. The zero-order chi connectivity index (χ0) is 38.3. The lowest BCUT2D eigenvalue weighted by atomic mass is 10.0. The van der Waals surface area contributed by atoms with E-state index in [1.807, 2.05) is 26.0 Å². The molecule has 0 amide bonds. The standard InChI is InChI=1S/C44H60BrClN4O2/c1-13-19-37-39(25-31(11)47-43(37)51-41-27(7)21-33(45)22-28(41)8)49(35(15-3)16-4)50(36(17-5)18-6)40-26-32(12)48-44(38(40)20-14-2)52-42-29(9)23-34(46)24-30(42)10/h21-26,35-36H,13-20H2,1-12H3. The maximum Gasteiger partial charge on any atom is 0.224 e. The Bertz CT molecular complexity index is 1660. The van der Waals surface area contributed by atoms with Crippen molar-refractivity contribution in [2.24, 2.45) is 0 Å². The van der Waals surface area contributed by atoms with Gasteiger partial charge in [0.15, 0.2) is 0 Å². The molecule has 0 spiro atoms. The molecule has 0 aliphatic rings. The number of benzene rings is 2. The lowest BCUT2D eigenvalue weighted by Gasteiger charge is -2.48. The number of hydrogen-bond acceptors (Lipinski definition) is 6. The second-order valence-electron chi connectivity index (χ2n) is 14.2. The van der Waals surface area contributed by atoms with Crippen LogP contribution in [-0.4, -0.2) is 22.1 Å². The fourth-order valence-electron chi connectivity index (χ4n) is 7.41. The van der Waals surface area contributed by atoms with Crippen LogP contribution in [0.25, 0.3) is 0 Å². The Labute approximate surface area is 327 Å². The molecule has 6 nitrogen and oxygen atoms in total. The third-order valence-electron chi connectivity index (χ3n) is 9.93. The number of hydrogen-bond donors (Lipinski definition) is 0. The number of nitrogens with zero attached hydrogens (tertiary/aromatic N) is 4. The number of anilines is 2. The molecule has 2 aromatic carbocycles. The van der Waals surface area contributed by atoms with Crippen LogP contribution in [0.15, 0.2) is 40.9 Å². The first-order valence-electron chi connectivity index (χ1n) is 19.3. The third-order valence-corrected chi connectivity index (χ3v) is 10.6. The Morgan fingerprint density at radius 3 is 1.25 bits per heavy atom. The molecule has 0 aliphatic carbocycles. The van der Waals surface area contributed by atoms with Crippen LogP contribution in [-0.2, 0) is 12.8 Å². The molecule has 0 bridgehead atoms. The predicted molar refractivity (Wildman–Crippen MR) is 224 cm³/mol. The Hall–Kier alpha value is -3.29. The molecule has 0 saturated heterocycles. The number of hydrazine groups is 1. The van der Waals surface area contributed by atoms with Gasteiger partial charge in [0, 0.05) is 32.0 Å². The van der Waals surface area contributed by atoms with Crippen LogP contribution in [0.3, 0.4) is 0 Å². The van der Waals surface area contributed by atoms with Gasteiger partial charge in [-0.3, -0.25) is 10.0 Å². The summed E-state index contributed by atoms with van der Waals surface area (Å²) < 4.78 is 14.8. The summed E-state index contributed by atoms with van der Waals surface area (Å²) in [7, 11) is 0. The van der Waals surface area contributed by atoms with Crippen LogP contribution in [0.1, 0.15) is 125 Å². The van der Waals surface area contributed by atoms with Gasteiger partial charge in [-0.1, -0.05) is 81.9 Å². The van der Waals surface area contributed by atoms with Gasteiger partial charge in [-0.05, 0) is 139 Å². The monoisotopic (exact) mass is 790 g/mol. The zero-order valence-electron chi connectivity index (χ0n) is 33.6. The highest BCUT2D eigenvalue weighted by atomic mass is 79.9. The van der Waals surface area contributed by atoms with Crippen molar-refractivity contribution >= 4 is 38.9 Å². The van der Waals surface area contributed by atoms with E-state index in [1.165, 1.54) is 0 Å². The molecule has 52 heavy (non-hydrogen) atoms. The van der Waals surface area contributed by atoms with Gasteiger partial charge in [-0.25, -0.2) is 9.97 Å². The Morgan fingerprint density at radius 2 is 0.923 bits per heavy atom. The van der Waals surface area contributed by atoms with Crippen LogP contribution in [0.4, 0.5) is 11.4 Å². The summed E-state index contributed by atoms with van der Waals surface area (Å²) in [6, 6.07) is 13.1. The molecule has 0 saturated carbocycles. The summed E-state index contributed by atoms with van der Waals surface area (Å²) in [6.07, 6.45) is 7.46. The molecule has 2 heterocycles. The minimum absolute atomic E-state index is 0.216. The van der Waals surface area contributed by atoms with Crippen LogP contribution < -0.4 is 19.5 Å². The van der Waals surface area contributed by atoms with Crippen molar-refractivity contribution in [2.45, 2.75) is 147 Å². The molecular formula is C44H60BrClN4O2. The lowest BCUT2D eigenvalue weighted by molar-refractivity contribution is 0.436. The maximum atomic E-state index is 6.88. The highest BCUT2D eigenvalue weighted by Gasteiger charge is 2.34. The molecular weight excluding hydrogens is 732 g/mol. The Morgan fingerprint density at radius 1 is 0.577 bits per heavy atom. The maximum absolute atomic E-state index is 6.88. The number of pyridine rings is 2. The van der Waals surface area contributed by atoms with Crippen LogP contribution >= 0.6 is 27.5 Å². The molecule has 4 rings (SSSR count). The second kappa shape index (κ2) is 18.6. The van der Waals surface area contributed by atoms with Gasteiger partial charge < -0.3 is 9.47 Å². The van der Waals surface area contributed by atoms with Crippen molar-refractivity contribution < 1.29 is 9.47 Å². The molecule has 0 atom stereocenters. The first kappa shape index (κ1) is 41.5. The van der Waals surface area contributed by atoms with Gasteiger partial charge in [0.1, 0.15) is 11.5 Å². The highest BCUT2D eigenvalue weighted by Crippen LogP contribution is 2.43. The van der Waals surface area contributed by atoms with E-state index in [-0.39, 0.29) is 12.1 Å². The molecule has 8 heteroatoms. The van der Waals surface area contributed by atoms with E-state index in [0.29, 0.717) is 16.8 Å². The largest absolute Gasteiger partial charge is 0.438 e.